The summed E-state index contributed by atoms with van der Waals surface area (Å²) in [4.78, 5) is 24.6. The topological polar surface area (TPSA) is 46.5 Å². The molecule has 1 atom stereocenters. The highest BCUT2D eigenvalue weighted by molar-refractivity contribution is 6.29. The van der Waals surface area contributed by atoms with Crippen molar-refractivity contribution in [3.05, 3.63) is 0 Å². The molecule has 3 nitrogen and oxygen atoms in total. The molecule has 0 spiro atoms. The quantitative estimate of drug-likeness (QED) is 0.336. The lowest BCUT2D eigenvalue weighted by molar-refractivity contribution is -0.131. The van der Waals surface area contributed by atoms with Gasteiger partial charge in [-0.25, -0.2) is 0 Å². The van der Waals surface area contributed by atoms with Gasteiger partial charge in [-0.1, -0.05) is 13.3 Å². The number of hydrogen-bond donors (Lipinski definition) is 0. The van der Waals surface area contributed by atoms with Crippen LogP contribution in [-0.2, 0) is 9.59 Å². The molecule has 0 aromatic heterocycles. The van der Waals surface area contributed by atoms with Crippen molar-refractivity contribution in [1.82, 2.24) is 0 Å². The van der Waals surface area contributed by atoms with Crippen LogP contribution in [0.5, 0.6) is 0 Å². The van der Waals surface area contributed by atoms with Crippen LogP contribution in [0.15, 0.2) is 4.99 Å². The van der Waals surface area contributed by atoms with Crippen LogP contribution in [0.4, 0.5) is 0 Å². The number of Topliss-reactive ketones (excluding diaryl/α,β-unsaturated/α-hetero) is 1. The smallest absolute Gasteiger partial charge is 0.203 e. The van der Waals surface area contributed by atoms with Gasteiger partial charge in [-0.05, 0) is 6.42 Å². The first kappa shape index (κ1) is 10.0. The van der Waals surface area contributed by atoms with Crippen molar-refractivity contribution in [2.75, 3.05) is 7.05 Å². The first-order valence-electron chi connectivity index (χ1n) is 3.67. The van der Waals surface area contributed by atoms with E-state index in [1.807, 2.05) is 6.92 Å². The van der Waals surface area contributed by atoms with Crippen molar-refractivity contribution in [3.8, 4) is 0 Å². The minimum absolute atomic E-state index is 0.303. The summed E-state index contributed by atoms with van der Waals surface area (Å²) < 4.78 is 0. The van der Waals surface area contributed by atoms with Gasteiger partial charge in [0.05, 0.1) is 5.92 Å². The van der Waals surface area contributed by atoms with Crippen LogP contribution in [-0.4, -0.2) is 25.3 Å². The first-order chi connectivity index (χ1) is 5.26. The van der Waals surface area contributed by atoms with E-state index in [1.54, 1.807) is 7.05 Å². The Hall–Kier alpha value is -0.990. The molecule has 0 aliphatic heterocycles. The average Bonchev–Trinajstić information content (AvgIpc) is 2.03. The van der Waals surface area contributed by atoms with E-state index in [0.717, 1.165) is 6.42 Å². The Morgan fingerprint density at radius 2 is 2.27 bits per heavy atom. The summed E-state index contributed by atoms with van der Waals surface area (Å²) in [5.74, 6) is -0.681. The summed E-state index contributed by atoms with van der Waals surface area (Å²) in [6.07, 6.45) is 3.48. The van der Waals surface area contributed by atoms with E-state index < -0.39 is 0 Å². The largest absolute Gasteiger partial charge is 0.300 e. The van der Waals surface area contributed by atoms with E-state index in [2.05, 4.69) is 4.99 Å². The lowest BCUT2D eigenvalue weighted by atomic mass is 10.0. The molecule has 0 N–H and O–H groups in total. The molecular weight excluding hydrogens is 142 g/mol. The second-order valence-electron chi connectivity index (χ2n) is 2.32. The van der Waals surface area contributed by atoms with Crippen molar-refractivity contribution in [1.29, 1.82) is 0 Å². The highest BCUT2D eigenvalue weighted by atomic mass is 16.2. The van der Waals surface area contributed by atoms with Crippen LogP contribution in [0.2, 0.25) is 0 Å². The minimum Gasteiger partial charge on any atom is -0.300 e. The number of nitrogens with zero attached hydrogens (tertiary/aromatic N) is 1. The van der Waals surface area contributed by atoms with Gasteiger partial charge in [-0.2, -0.15) is 0 Å². The maximum absolute atomic E-state index is 10.8. The van der Waals surface area contributed by atoms with Gasteiger partial charge in [0.1, 0.15) is 0 Å². The van der Waals surface area contributed by atoms with Gasteiger partial charge in [0.2, 0.25) is 5.78 Å². The molecule has 0 aliphatic carbocycles. The summed E-state index contributed by atoms with van der Waals surface area (Å²) in [7, 11) is 1.60. The third kappa shape index (κ3) is 3.65. The number of rotatable bonds is 5. The standard InChI is InChI=1S/C8H13NO2/c1-3-4-7(5-9-2)8(11)6-10/h5-7H,3-4H2,1-2H3/t7-/m1/s1. The van der Waals surface area contributed by atoms with Crippen LogP contribution < -0.4 is 0 Å². The van der Waals surface area contributed by atoms with Gasteiger partial charge >= 0.3 is 0 Å². The van der Waals surface area contributed by atoms with Crippen molar-refractivity contribution in [2.24, 2.45) is 10.9 Å². The SMILES string of the molecule is CCC[C@H](C=NC)C(=O)C=O. The summed E-state index contributed by atoms with van der Waals surface area (Å²) in [6, 6.07) is 0. The number of aldehydes is 1. The monoisotopic (exact) mass is 155 g/mol. The lowest BCUT2D eigenvalue weighted by Crippen LogP contribution is -2.16. The fourth-order valence-corrected chi connectivity index (χ4v) is 0.869. The number of carbonyl (C=O) groups excluding carboxylic acids is 2. The van der Waals surface area contributed by atoms with Crippen LogP contribution in [0.1, 0.15) is 19.8 Å². The molecule has 11 heavy (non-hydrogen) atoms. The predicted octanol–water partition coefficient (Wildman–Crippen LogP) is 0.871. The fraction of sp³-hybridized carbons (Fsp3) is 0.625. The molecule has 0 aromatic rings. The van der Waals surface area contributed by atoms with E-state index >= 15 is 0 Å². The molecule has 0 rings (SSSR count). The van der Waals surface area contributed by atoms with Gasteiger partial charge in [0, 0.05) is 13.3 Å². The van der Waals surface area contributed by atoms with E-state index in [4.69, 9.17) is 0 Å². The van der Waals surface area contributed by atoms with E-state index in [9.17, 15) is 9.59 Å². The minimum atomic E-state index is -0.377. The summed E-state index contributed by atoms with van der Waals surface area (Å²) in [5, 5.41) is 0. The normalized spacial score (nSPS) is 13.3. The fourth-order valence-electron chi connectivity index (χ4n) is 0.869. The zero-order valence-electron chi connectivity index (χ0n) is 6.91. The van der Waals surface area contributed by atoms with E-state index in [1.165, 1.54) is 6.21 Å². The number of hydrogen-bond acceptors (Lipinski definition) is 3. The molecule has 0 heterocycles. The molecule has 0 unspecified atom stereocenters. The first-order valence-corrected chi connectivity index (χ1v) is 3.67. The van der Waals surface area contributed by atoms with Gasteiger partial charge in [0.15, 0.2) is 6.29 Å². The number of aliphatic imine (C=N–C) groups is 1. The Balaban J connectivity index is 4.08. The van der Waals surface area contributed by atoms with E-state index in [-0.39, 0.29) is 11.7 Å². The molecule has 0 saturated carbocycles. The summed E-state index contributed by atoms with van der Waals surface area (Å²) >= 11 is 0. The Bertz CT molecular complexity index is 163. The van der Waals surface area contributed by atoms with Crippen molar-refractivity contribution in [2.45, 2.75) is 19.8 Å². The molecule has 3 heteroatoms. The third-order valence-corrected chi connectivity index (χ3v) is 1.41. The molecule has 0 aliphatic rings. The van der Waals surface area contributed by atoms with Crippen LogP contribution >= 0.6 is 0 Å². The maximum atomic E-state index is 10.8. The summed E-state index contributed by atoms with van der Waals surface area (Å²) in [5.41, 5.74) is 0. The Morgan fingerprint density at radius 3 is 2.64 bits per heavy atom. The van der Waals surface area contributed by atoms with Crippen molar-refractivity contribution in [3.63, 3.8) is 0 Å². The second-order valence-corrected chi connectivity index (χ2v) is 2.32. The number of carbonyl (C=O) groups is 2. The lowest BCUT2D eigenvalue weighted by Gasteiger charge is -2.02. The molecule has 0 fully saturated rings. The van der Waals surface area contributed by atoms with Crippen molar-refractivity contribution < 1.29 is 9.59 Å². The molecule has 0 bridgehead atoms. The van der Waals surface area contributed by atoms with Crippen LogP contribution in [0.25, 0.3) is 0 Å². The second kappa shape index (κ2) is 5.77. The van der Waals surface area contributed by atoms with Gasteiger partial charge in [-0.15, -0.1) is 0 Å². The molecular formula is C8H13NO2. The highest BCUT2D eigenvalue weighted by Gasteiger charge is 2.12. The number of ketones is 1. The molecule has 0 aromatic carbocycles. The van der Waals surface area contributed by atoms with Gasteiger partial charge in [-0.3, -0.25) is 9.59 Å². The average molecular weight is 155 g/mol. The van der Waals surface area contributed by atoms with Crippen LogP contribution in [0.3, 0.4) is 0 Å². The van der Waals surface area contributed by atoms with Gasteiger partial charge < -0.3 is 4.99 Å². The third-order valence-electron chi connectivity index (χ3n) is 1.41. The van der Waals surface area contributed by atoms with Crippen LogP contribution in [0, 0.1) is 5.92 Å². The summed E-state index contributed by atoms with van der Waals surface area (Å²) in [6.45, 7) is 1.97. The predicted molar refractivity (Wildman–Crippen MR) is 43.9 cm³/mol. The zero-order chi connectivity index (χ0) is 8.69. The maximum Gasteiger partial charge on any atom is 0.203 e. The van der Waals surface area contributed by atoms with Gasteiger partial charge in [0.25, 0.3) is 0 Å². The zero-order valence-corrected chi connectivity index (χ0v) is 6.91. The molecule has 0 saturated heterocycles. The Kier molecular flexibility index (Phi) is 5.25. The Morgan fingerprint density at radius 1 is 1.64 bits per heavy atom. The molecule has 0 radical (unpaired) electrons. The van der Waals surface area contributed by atoms with Crippen molar-refractivity contribution >= 4 is 18.3 Å². The highest BCUT2D eigenvalue weighted by Crippen LogP contribution is 2.03. The molecule has 0 amide bonds. The Labute approximate surface area is 66.5 Å². The molecule has 62 valence electrons. The van der Waals surface area contributed by atoms with E-state index in [0.29, 0.717) is 12.7 Å².